The molecule has 29 heavy (non-hydrogen) atoms. The molecule has 0 spiro atoms. The summed E-state index contributed by atoms with van der Waals surface area (Å²) in [6.45, 7) is 2.02. The van der Waals surface area contributed by atoms with Crippen LogP contribution in [-0.2, 0) is 12.8 Å². The van der Waals surface area contributed by atoms with Crippen molar-refractivity contribution in [1.82, 2.24) is 19.8 Å². The topological polar surface area (TPSA) is 86.6 Å². The Balaban J connectivity index is 1.31. The molecule has 2 aromatic heterocycles. The van der Waals surface area contributed by atoms with E-state index in [0.29, 0.717) is 36.8 Å². The number of carbonyl (C=O) groups is 2. The Morgan fingerprint density at radius 1 is 1.10 bits per heavy atom. The number of aryl methyl sites for hydroxylation is 2. The molecule has 0 bridgehead atoms. The second-order valence-electron chi connectivity index (χ2n) is 8.42. The number of rotatable bonds is 3. The smallest absolute Gasteiger partial charge is 0.282 e. The summed E-state index contributed by atoms with van der Waals surface area (Å²) < 4.78 is 0. The molecule has 5 rings (SSSR count). The molecule has 3 aliphatic rings. The summed E-state index contributed by atoms with van der Waals surface area (Å²) in [6, 6.07) is 3.42. The number of likely N-dealkylation sites (tertiary alicyclic amines) is 2. The summed E-state index contributed by atoms with van der Waals surface area (Å²) in [5.41, 5.74) is 1.25. The molecule has 2 aromatic rings. The Hall–Kier alpha value is -2.32. The first kappa shape index (κ1) is 18.7. The summed E-state index contributed by atoms with van der Waals surface area (Å²) in [4.78, 5) is 39.4. The van der Waals surface area contributed by atoms with Gasteiger partial charge in [-0.1, -0.05) is 0 Å². The number of hydrogen-bond donors (Lipinski definition) is 1. The highest BCUT2D eigenvalue weighted by molar-refractivity contribution is 7.13. The van der Waals surface area contributed by atoms with Crippen LogP contribution in [0, 0.1) is 11.3 Å². The van der Waals surface area contributed by atoms with Crippen molar-refractivity contribution in [3.63, 3.8) is 0 Å². The van der Waals surface area contributed by atoms with Gasteiger partial charge in [-0.2, -0.15) is 0 Å². The van der Waals surface area contributed by atoms with E-state index in [-0.39, 0.29) is 24.3 Å². The van der Waals surface area contributed by atoms with Gasteiger partial charge in [-0.25, -0.2) is 4.98 Å². The molecule has 2 amide bonds. The van der Waals surface area contributed by atoms with Crippen molar-refractivity contribution in [2.24, 2.45) is 11.3 Å². The molecule has 2 saturated heterocycles. The largest absolute Gasteiger partial charge is 0.396 e. The molecule has 1 N–H and O–H groups in total. The van der Waals surface area contributed by atoms with Gasteiger partial charge < -0.3 is 14.9 Å². The number of fused-ring (bicyclic) bond motifs is 2. The Kier molecular flexibility index (Phi) is 4.63. The molecule has 1 aliphatic carbocycles. The lowest BCUT2D eigenvalue weighted by molar-refractivity contribution is 0.0666. The molecule has 2 aliphatic heterocycles. The maximum atomic E-state index is 13.1. The van der Waals surface area contributed by atoms with E-state index in [1.807, 2.05) is 4.90 Å². The zero-order valence-corrected chi connectivity index (χ0v) is 17.0. The van der Waals surface area contributed by atoms with Crippen LogP contribution in [-0.4, -0.2) is 69.5 Å². The minimum Gasteiger partial charge on any atom is -0.396 e. The van der Waals surface area contributed by atoms with Gasteiger partial charge in [-0.15, -0.1) is 11.3 Å². The van der Waals surface area contributed by atoms with Crippen molar-refractivity contribution in [1.29, 1.82) is 0 Å². The van der Waals surface area contributed by atoms with Crippen LogP contribution < -0.4 is 0 Å². The third-order valence-corrected chi connectivity index (χ3v) is 7.75. The van der Waals surface area contributed by atoms with Crippen molar-refractivity contribution in [3.05, 3.63) is 45.7 Å². The molecule has 0 saturated carbocycles. The molecule has 0 radical (unpaired) electrons. The predicted octanol–water partition coefficient (Wildman–Crippen LogP) is 1.62. The highest BCUT2D eigenvalue weighted by Gasteiger charge is 2.54. The minimum absolute atomic E-state index is 0.0290. The van der Waals surface area contributed by atoms with E-state index in [4.69, 9.17) is 0 Å². The zero-order chi connectivity index (χ0) is 20.0. The average molecular weight is 413 g/mol. The van der Waals surface area contributed by atoms with Gasteiger partial charge in [0.2, 0.25) is 0 Å². The molecular formula is C21H24N4O3S. The summed E-state index contributed by atoms with van der Waals surface area (Å²) in [6.07, 6.45) is 7.53. The Morgan fingerprint density at radius 3 is 2.45 bits per heavy atom. The Bertz CT molecular complexity index is 923. The maximum absolute atomic E-state index is 13.1. The van der Waals surface area contributed by atoms with Crippen molar-refractivity contribution < 1.29 is 14.7 Å². The lowest BCUT2D eigenvalue weighted by atomic mass is 9.82. The van der Waals surface area contributed by atoms with Crippen LogP contribution in [0.1, 0.15) is 43.6 Å². The summed E-state index contributed by atoms with van der Waals surface area (Å²) >= 11 is 1.53. The van der Waals surface area contributed by atoms with E-state index in [9.17, 15) is 14.7 Å². The number of aliphatic hydroxyl groups excluding tert-OH is 1. The summed E-state index contributed by atoms with van der Waals surface area (Å²) in [5.74, 6) is 0.00978. The van der Waals surface area contributed by atoms with Gasteiger partial charge in [0.15, 0.2) is 5.01 Å². The number of hydrogen-bond acceptors (Lipinski definition) is 6. The van der Waals surface area contributed by atoms with Crippen LogP contribution in [0.15, 0.2) is 24.5 Å². The van der Waals surface area contributed by atoms with Crippen molar-refractivity contribution in [2.75, 3.05) is 32.8 Å². The molecular weight excluding hydrogens is 388 g/mol. The first-order valence-corrected chi connectivity index (χ1v) is 11.0. The fourth-order valence-electron chi connectivity index (χ4n) is 4.97. The highest BCUT2D eigenvalue weighted by Crippen LogP contribution is 2.43. The third-order valence-electron chi connectivity index (χ3n) is 6.60. The maximum Gasteiger partial charge on any atom is 0.282 e. The number of carbonyl (C=O) groups excluding carboxylic acids is 2. The number of pyridine rings is 1. The Labute approximate surface area is 173 Å². The van der Waals surface area contributed by atoms with Crippen LogP contribution in [0.4, 0.5) is 0 Å². The quantitative estimate of drug-likeness (QED) is 0.828. The fourth-order valence-corrected chi connectivity index (χ4v) is 6.09. The molecule has 4 heterocycles. The number of aromatic nitrogens is 2. The molecule has 0 aromatic carbocycles. The van der Waals surface area contributed by atoms with E-state index < -0.39 is 5.41 Å². The average Bonchev–Trinajstić information content (AvgIpc) is 3.43. The predicted molar refractivity (Wildman–Crippen MR) is 108 cm³/mol. The summed E-state index contributed by atoms with van der Waals surface area (Å²) in [7, 11) is 0. The number of aliphatic hydroxyl groups is 1. The van der Waals surface area contributed by atoms with Gasteiger partial charge in [0.05, 0.1) is 12.3 Å². The SMILES string of the molecule is O=C(c1ccncc1)N1CC2CN(C(=O)c3nc4c(s3)CCCC4)CC2(CO)C1. The lowest BCUT2D eigenvalue weighted by Crippen LogP contribution is -2.40. The molecule has 7 nitrogen and oxygen atoms in total. The van der Waals surface area contributed by atoms with Crippen molar-refractivity contribution >= 4 is 23.2 Å². The van der Waals surface area contributed by atoms with Gasteiger partial charge in [0.25, 0.3) is 11.8 Å². The van der Waals surface area contributed by atoms with Crippen LogP contribution in [0.3, 0.4) is 0 Å². The molecule has 152 valence electrons. The van der Waals surface area contributed by atoms with E-state index in [2.05, 4.69) is 9.97 Å². The highest BCUT2D eigenvalue weighted by atomic mass is 32.1. The van der Waals surface area contributed by atoms with Crippen LogP contribution >= 0.6 is 11.3 Å². The van der Waals surface area contributed by atoms with Gasteiger partial charge in [0, 0.05) is 60.3 Å². The standard InChI is InChI=1S/C21H24N4O3S/c26-13-21-11-24(19(27)14-5-7-22-8-6-14)9-15(21)10-25(12-21)20(28)18-23-16-3-1-2-4-17(16)29-18/h5-8,15,26H,1-4,9-13H2. The van der Waals surface area contributed by atoms with E-state index >= 15 is 0 Å². The van der Waals surface area contributed by atoms with E-state index in [1.165, 1.54) is 22.6 Å². The molecule has 8 heteroatoms. The van der Waals surface area contributed by atoms with Gasteiger partial charge in [0.1, 0.15) is 0 Å². The zero-order valence-electron chi connectivity index (χ0n) is 16.2. The van der Waals surface area contributed by atoms with Gasteiger partial charge in [-0.3, -0.25) is 14.6 Å². The number of thiazole rings is 1. The third kappa shape index (κ3) is 3.14. The van der Waals surface area contributed by atoms with Gasteiger partial charge >= 0.3 is 0 Å². The molecule has 2 unspecified atom stereocenters. The van der Waals surface area contributed by atoms with Crippen LogP contribution in [0.2, 0.25) is 0 Å². The summed E-state index contributed by atoms with van der Waals surface area (Å²) in [5, 5.41) is 10.8. The second kappa shape index (κ2) is 7.18. The monoisotopic (exact) mass is 412 g/mol. The second-order valence-corrected chi connectivity index (χ2v) is 9.50. The minimum atomic E-state index is -0.449. The first-order chi connectivity index (χ1) is 14.1. The normalized spacial score (nSPS) is 25.8. The lowest BCUT2D eigenvalue weighted by Gasteiger charge is -2.27. The fraction of sp³-hybridized carbons (Fsp3) is 0.524. The first-order valence-electron chi connectivity index (χ1n) is 10.2. The Morgan fingerprint density at radius 2 is 1.79 bits per heavy atom. The van der Waals surface area contributed by atoms with Crippen molar-refractivity contribution in [3.8, 4) is 0 Å². The van der Waals surface area contributed by atoms with Crippen LogP contribution in [0.25, 0.3) is 0 Å². The number of nitrogens with zero attached hydrogens (tertiary/aromatic N) is 4. The molecule has 2 fully saturated rings. The van der Waals surface area contributed by atoms with E-state index in [0.717, 1.165) is 25.0 Å². The van der Waals surface area contributed by atoms with E-state index in [1.54, 1.807) is 29.4 Å². The van der Waals surface area contributed by atoms with Crippen LogP contribution in [0.5, 0.6) is 0 Å². The molecule has 2 atom stereocenters. The van der Waals surface area contributed by atoms with Gasteiger partial charge in [-0.05, 0) is 37.8 Å². The van der Waals surface area contributed by atoms with Crippen molar-refractivity contribution in [2.45, 2.75) is 25.7 Å². The number of amides is 2.